The van der Waals surface area contributed by atoms with Gasteiger partial charge in [0.2, 0.25) is 5.71 Å². The van der Waals surface area contributed by atoms with Gasteiger partial charge in [-0.25, -0.2) is 0 Å². The van der Waals surface area contributed by atoms with Crippen molar-refractivity contribution in [2.45, 2.75) is 0 Å². The molecule has 0 radical (unpaired) electrons. The molecule has 0 aliphatic heterocycles. The van der Waals surface area contributed by atoms with Crippen LogP contribution in [0, 0.1) is 16.7 Å². The van der Waals surface area contributed by atoms with Crippen LogP contribution in [-0.2, 0) is 0 Å². The first-order chi connectivity index (χ1) is 8.70. The van der Waals surface area contributed by atoms with Gasteiger partial charge >= 0.3 is 0 Å². The van der Waals surface area contributed by atoms with Gasteiger partial charge in [-0.05, 0) is 22.9 Å². The quantitative estimate of drug-likeness (QED) is 0.433. The number of nitrogens with two attached hydrogens (primary N) is 1. The molecule has 88 valence electrons. The van der Waals surface area contributed by atoms with Gasteiger partial charge in [-0.2, -0.15) is 10.4 Å². The van der Waals surface area contributed by atoms with Gasteiger partial charge < -0.3 is 5.73 Å². The summed E-state index contributed by atoms with van der Waals surface area (Å²) in [7, 11) is 0. The molecule has 0 aromatic heterocycles. The highest BCUT2D eigenvalue weighted by molar-refractivity contribution is 6.45. The van der Waals surface area contributed by atoms with Crippen molar-refractivity contribution in [3.8, 4) is 6.07 Å². The van der Waals surface area contributed by atoms with Crippen LogP contribution in [0.25, 0.3) is 10.8 Å². The Morgan fingerprint density at radius 2 is 1.94 bits per heavy atom. The molecule has 4 N–H and O–H groups in total. The Morgan fingerprint density at radius 1 is 1.22 bits per heavy atom. The minimum atomic E-state index is -0.356. The van der Waals surface area contributed by atoms with E-state index in [1.807, 2.05) is 42.5 Å². The van der Waals surface area contributed by atoms with Gasteiger partial charge in [0.1, 0.15) is 6.07 Å². The Morgan fingerprint density at radius 3 is 2.61 bits per heavy atom. The van der Waals surface area contributed by atoms with Crippen LogP contribution in [0.1, 0.15) is 0 Å². The highest BCUT2D eigenvalue weighted by atomic mass is 15.3. The van der Waals surface area contributed by atoms with Crippen LogP contribution in [0.5, 0.6) is 0 Å². The van der Waals surface area contributed by atoms with Crippen LogP contribution in [0.3, 0.4) is 0 Å². The number of hydrogen-bond acceptors (Lipinski definition) is 4. The van der Waals surface area contributed by atoms with Crippen molar-refractivity contribution < 1.29 is 0 Å². The summed E-state index contributed by atoms with van der Waals surface area (Å²) in [5.41, 5.74) is 8.51. The molecule has 0 bridgehead atoms. The van der Waals surface area contributed by atoms with Crippen LogP contribution < -0.4 is 11.2 Å². The van der Waals surface area contributed by atoms with Crippen LogP contribution in [0.4, 0.5) is 5.69 Å². The van der Waals surface area contributed by atoms with Crippen LogP contribution in [0.2, 0.25) is 0 Å². The molecule has 0 saturated carbocycles. The number of nitrogens with zero attached hydrogens (tertiary/aromatic N) is 2. The standard InChI is InChI=1S/C13H11N5/c14-8-12(13(15)16)18-17-11-6-5-9-3-1-2-4-10(9)7-11/h1-7,17H,(H3,15,16)/b18-12+. The van der Waals surface area contributed by atoms with Crippen molar-refractivity contribution in [3.05, 3.63) is 42.5 Å². The number of fused-ring (bicyclic) bond motifs is 1. The van der Waals surface area contributed by atoms with Gasteiger partial charge in [0.25, 0.3) is 0 Å². The highest BCUT2D eigenvalue weighted by Gasteiger charge is 2.01. The summed E-state index contributed by atoms with van der Waals surface area (Å²) in [6.45, 7) is 0. The predicted molar refractivity (Wildman–Crippen MR) is 72.5 cm³/mol. The number of amidine groups is 1. The minimum Gasteiger partial charge on any atom is -0.382 e. The van der Waals surface area contributed by atoms with Gasteiger partial charge in [-0.3, -0.25) is 10.8 Å². The lowest BCUT2D eigenvalue weighted by molar-refractivity contribution is 1.34. The molecule has 0 heterocycles. The topological polar surface area (TPSA) is 98.0 Å². The lowest BCUT2D eigenvalue weighted by atomic mass is 10.1. The third kappa shape index (κ3) is 2.44. The van der Waals surface area contributed by atoms with E-state index in [4.69, 9.17) is 16.4 Å². The maximum Gasteiger partial charge on any atom is 0.201 e. The van der Waals surface area contributed by atoms with Crippen LogP contribution in [0.15, 0.2) is 47.6 Å². The number of benzene rings is 2. The summed E-state index contributed by atoms with van der Waals surface area (Å²) in [4.78, 5) is 0. The highest BCUT2D eigenvalue weighted by Crippen LogP contribution is 2.18. The van der Waals surface area contributed by atoms with Gasteiger partial charge in [0.15, 0.2) is 5.84 Å². The van der Waals surface area contributed by atoms with E-state index >= 15 is 0 Å². The fourth-order valence-electron chi connectivity index (χ4n) is 1.52. The van der Waals surface area contributed by atoms with Crippen molar-refractivity contribution in [1.82, 2.24) is 0 Å². The summed E-state index contributed by atoms with van der Waals surface area (Å²) in [5, 5.41) is 21.8. The van der Waals surface area contributed by atoms with E-state index in [2.05, 4.69) is 10.5 Å². The molecule has 0 atom stereocenters. The monoisotopic (exact) mass is 237 g/mol. The van der Waals surface area contributed by atoms with E-state index in [1.165, 1.54) is 0 Å². The first kappa shape index (κ1) is 11.6. The van der Waals surface area contributed by atoms with Gasteiger partial charge in [0, 0.05) is 0 Å². The first-order valence-electron chi connectivity index (χ1n) is 5.27. The molecule has 0 amide bonds. The Bertz CT molecular complexity index is 666. The third-order valence-electron chi connectivity index (χ3n) is 2.41. The second-order valence-electron chi connectivity index (χ2n) is 3.66. The fourth-order valence-corrected chi connectivity index (χ4v) is 1.52. The third-order valence-corrected chi connectivity index (χ3v) is 2.41. The fraction of sp³-hybridized carbons (Fsp3) is 0. The van der Waals surface area contributed by atoms with Gasteiger partial charge in [-0.1, -0.05) is 30.3 Å². The largest absolute Gasteiger partial charge is 0.382 e. The molecule has 2 rings (SSSR count). The molecule has 0 aliphatic rings. The molecular weight excluding hydrogens is 226 g/mol. The molecule has 2 aromatic rings. The number of rotatable bonds is 3. The van der Waals surface area contributed by atoms with E-state index < -0.39 is 0 Å². The van der Waals surface area contributed by atoms with Crippen molar-refractivity contribution in [2.75, 3.05) is 5.43 Å². The van der Waals surface area contributed by atoms with Crippen LogP contribution in [-0.4, -0.2) is 11.5 Å². The van der Waals surface area contributed by atoms with Gasteiger partial charge in [0.05, 0.1) is 5.69 Å². The van der Waals surface area contributed by atoms with E-state index in [0.717, 1.165) is 16.5 Å². The zero-order chi connectivity index (χ0) is 13.0. The molecule has 0 saturated heterocycles. The minimum absolute atomic E-state index is 0.136. The second kappa shape index (κ2) is 4.97. The number of anilines is 1. The number of nitrogens with one attached hydrogen (secondary N) is 2. The Labute approximate surface area is 104 Å². The molecule has 5 heteroatoms. The Kier molecular flexibility index (Phi) is 3.21. The number of hydrazone groups is 1. The lowest BCUT2D eigenvalue weighted by Crippen LogP contribution is -2.21. The van der Waals surface area contributed by atoms with E-state index in [1.54, 1.807) is 6.07 Å². The molecule has 18 heavy (non-hydrogen) atoms. The predicted octanol–water partition coefficient (Wildman–Crippen LogP) is 2.07. The van der Waals surface area contributed by atoms with Crippen LogP contribution >= 0.6 is 0 Å². The first-order valence-corrected chi connectivity index (χ1v) is 5.27. The molecular formula is C13H11N5. The molecule has 2 aromatic carbocycles. The Hall–Kier alpha value is -2.87. The summed E-state index contributed by atoms with van der Waals surface area (Å²) in [6, 6.07) is 15.4. The normalized spacial score (nSPS) is 10.9. The van der Waals surface area contributed by atoms with Gasteiger partial charge in [-0.15, -0.1) is 0 Å². The maximum absolute atomic E-state index is 8.70. The van der Waals surface area contributed by atoms with E-state index in [-0.39, 0.29) is 11.5 Å². The zero-order valence-electron chi connectivity index (χ0n) is 9.51. The molecule has 5 nitrogen and oxygen atoms in total. The average Bonchev–Trinajstić information content (AvgIpc) is 2.39. The molecule has 0 fully saturated rings. The average molecular weight is 237 g/mol. The molecule has 0 unspecified atom stereocenters. The SMILES string of the molecule is N#C/C(=N\Nc1ccc2ccccc2c1)C(=N)N. The Balaban J connectivity index is 2.28. The second-order valence-corrected chi connectivity index (χ2v) is 3.66. The number of nitriles is 1. The lowest BCUT2D eigenvalue weighted by Gasteiger charge is -2.03. The summed E-state index contributed by atoms with van der Waals surface area (Å²) in [5.74, 6) is -0.356. The van der Waals surface area contributed by atoms with Crippen molar-refractivity contribution in [2.24, 2.45) is 10.8 Å². The van der Waals surface area contributed by atoms with Crippen molar-refractivity contribution in [3.63, 3.8) is 0 Å². The summed E-state index contributed by atoms with van der Waals surface area (Å²) >= 11 is 0. The molecule has 0 aliphatic carbocycles. The van der Waals surface area contributed by atoms with E-state index in [9.17, 15) is 0 Å². The summed E-state index contributed by atoms with van der Waals surface area (Å²) in [6.07, 6.45) is 0. The smallest absolute Gasteiger partial charge is 0.201 e. The van der Waals surface area contributed by atoms with Crippen molar-refractivity contribution in [1.29, 1.82) is 10.7 Å². The molecule has 0 spiro atoms. The van der Waals surface area contributed by atoms with E-state index in [0.29, 0.717) is 0 Å². The number of hydrogen-bond donors (Lipinski definition) is 3. The maximum atomic E-state index is 8.70. The summed E-state index contributed by atoms with van der Waals surface area (Å²) < 4.78 is 0. The zero-order valence-corrected chi connectivity index (χ0v) is 9.51. The van der Waals surface area contributed by atoms with Crippen molar-refractivity contribution >= 4 is 28.0 Å².